The highest BCUT2D eigenvalue weighted by molar-refractivity contribution is 7.98. The quantitative estimate of drug-likeness (QED) is 0.248. The van der Waals surface area contributed by atoms with E-state index in [4.69, 9.17) is 0 Å². The highest BCUT2D eigenvalue weighted by atomic mass is 32.2. The smallest absolute Gasteiger partial charge is 0.264 e. The summed E-state index contributed by atoms with van der Waals surface area (Å²) >= 11 is 3.45. The summed E-state index contributed by atoms with van der Waals surface area (Å²) in [6.07, 6.45) is 3.11. The Bertz CT molecular complexity index is 1590. The van der Waals surface area contributed by atoms with Gasteiger partial charge in [-0.2, -0.15) is 0 Å². The van der Waals surface area contributed by atoms with E-state index in [9.17, 15) is 4.79 Å². The number of hydrogen-bond donors (Lipinski definition) is 0. The van der Waals surface area contributed by atoms with Crippen LogP contribution in [0.5, 0.6) is 0 Å². The normalized spacial score (nSPS) is 16.0. The van der Waals surface area contributed by atoms with E-state index >= 15 is 0 Å². The van der Waals surface area contributed by atoms with E-state index < -0.39 is 0 Å². The topological polar surface area (TPSA) is 52.2 Å². The summed E-state index contributed by atoms with van der Waals surface area (Å²) in [5.74, 6) is 2.05. The van der Waals surface area contributed by atoms with E-state index in [0.717, 1.165) is 46.0 Å². The first-order chi connectivity index (χ1) is 17.4. The first-order valence-electron chi connectivity index (χ1n) is 12.5. The van der Waals surface area contributed by atoms with Gasteiger partial charge in [0.05, 0.1) is 11.9 Å². The summed E-state index contributed by atoms with van der Waals surface area (Å²) in [4.78, 5) is 16.4. The van der Waals surface area contributed by atoms with Gasteiger partial charge < -0.3 is 0 Å². The van der Waals surface area contributed by atoms with Crippen LogP contribution in [-0.2, 0) is 25.1 Å². The van der Waals surface area contributed by atoms with Gasteiger partial charge in [0.1, 0.15) is 4.83 Å². The van der Waals surface area contributed by atoms with Crippen LogP contribution in [0.4, 0.5) is 0 Å². The summed E-state index contributed by atoms with van der Waals surface area (Å²) < 4.78 is 3.96. The number of hydrogen-bond acceptors (Lipinski definition) is 5. The van der Waals surface area contributed by atoms with Crippen LogP contribution in [0.3, 0.4) is 0 Å². The van der Waals surface area contributed by atoms with Crippen molar-refractivity contribution >= 4 is 39.1 Å². The van der Waals surface area contributed by atoms with Gasteiger partial charge in [0.15, 0.2) is 5.16 Å². The standard InChI is InChI=1S/C29H30N4OS2/c1-29(2,3)21-14-15-22-23(16-21)36-26-24(22)25(34)32(17-19-10-6-4-7-11-19)27-30-31-28(33(26)27)35-18-20-12-8-5-9-13-20/h4-13,21H,14-18H2,1-3H3/t21-/m0/s1. The summed E-state index contributed by atoms with van der Waals surface area (Å²) in [6.45, 7) is 7.48. The van der Waals surface area contributed by atoms with Crippen LogP contribution >= 0.6 is 23.1 Å². The van der Waals surface area contributed by atoms with Gasteiger partial charge in [-0.25, -0.2) is 4.40 Å². The number of nitrogens with zero attached hydrogens (tertiary/aromatic N) is 4. The molecule has 6 rings (SSSR count). The Hall–Kier alpha value is -2.90. The lowest BCUT2D eigenvalue weighted by molar-refractivity contribution is 0.218. The predicted molar refractivity (Wildman–Crippen MR) is 149 cm³/mol. The van der Waals surface area contributed by atoms with E-state index in [1.165, 1.54) is 16.0 Å². The van der Waals surface area contributed by atoms with Crippen LogP contribution in [-0.4, -0.2) is 19.2 Å². The summed E-state index contributed by atoms with van der Waals surface area (Å²) in [5.41, 5.74) is 3.88. The molecule has 3 aromatic heterocycles. The second-order valence-electron chi connectivity index (χ2n) is 10.8. The van der Waals surface area contributed by atoms with Gasteiger partial charge in [-0.1, -0.05) is 93.2 Å². The lowest BCUT2D eigenvalue weighted by Crippen LogP contribution is -2.27. The van der Waals surface area contributed by atoms with Gasteiger partial charge in [0.25, 0.3) is 5.56 Å². The molecule has 7 heteroatoms. The predicted octanol–water partition coefficient (Wildman–Crippen LogP) is 6.60. The average Bonchev–Trinajstić information content (AvgIpc) is 3.47. The molecule has 0 spiro atoms. The molecule has 0 aliphatic heterocycles. The Morgan fingerprint density at radius 2 is 1.69 bits per heavy atom. The van der Waals surface area contributed by atoms with Crippen molar-refractivity contribution < 1.29 is 0 Å². The first-order valence-corrected chi connectivity index (χ1v) is 14.3. The second-order valence-corrected chi connectivity index (χ2v) is 12.8. The summed E-state index contributed by atoms with van der Waals surface area (Å²) in [6, 6.07) is 20.6. The molecular weight excluding hydrogens is 484 g/mol. The summed E-state index contributed by atoms with van der Waals surface area (Å²) in [7, 11) is 0. The number of thioether (sulfide) groups is 1. The zero-order valence-electron chi connectivity index (χ0n) is 20.9. The molecule has 1 atom stereocenters. The van der Waals surface area contributed by atoms with E-state index in [2.05, 4.69) is 71.8 Å². The number of aryl methyl sites for hydroxylation is 1. The minimum Gasteiger partial charge on any atom is -0.272 e. The van der Waals surface area contributed by atoms with Crippen LogP contribution in [0.1, 0.15) is 48.8 Å². The Labute approximate surface area is 219 Å². The third kappa shape index (κ3) is 4.18. The Balaban J connectivity index is 1.53. The number of benzene rings is 2. The van der Waals surface area contributed by atoms with E-state index in [1.807, 2.05) is 28.8 Å². The molecule has 0 amide bonds. The van der Waals surface area contributed by atoms with E-state index in [0.29, 0.717) is 18.2 Å². The molecule has 0 saturated heterocycles. The van der Waals surface area contributed by atoms with E-state index in [-0.39, 0.29) is 11.0 Å². The van der Waals surface area contributed by atoms with E-state index in [1.54, 1.807) is 23.1 Å². The van der Waals surface area contributed by atoms with Crippen molar-refractivity contribution in [3.8, 4) is 0 Å². The van der Waals surface area contributed by atoms with Crippen LogP contribution in [0, 0.1) is 11.3 Å². The SMILES string of the molecule is CC(C)(C)[C@H]1CCc2c(sc3c2c(=O)n(Cc2ccccc2)c2nnc(SCc4ccccc4)n32)C1. The minimum atomic E-state index is 0.0556. The zero-order chi connectivity index (χ0) is 24.9. The number of rotatable bonds is 5. The lowest BCUT2D eigenvalue weighted by Gasteiger charge is -2.33. The molecule has 0 unspecified atom stereocenters. The molecule has 0 saturated carbocycles. The highest BCUT2D eigenvalue weighted by Gasteiger charge is 2.33. The van der Waals surface area contributed by atoms with Crippen molar-refractivity contribution in [3.63, 3.8) is 0 Å². The Morgan fingerprint density at radius 3 is 2.39 bits per heavy atom. The van der Waals surface area contributed by atoms with Gasteiger partial charge in [0.2, 0.25) is 5.78 Å². The van der Waals surface area contributed by atoms with Crippen LogP contribution in [0.15, 0.2) is 70.6 Å². The molecule has 2 aromatic carbocycles. The van der Waals surface area contributed by atoms with Crippen molar-refractivity contribution in [1.29, 1.82) is 0 Å². The fraction of sp³-hybridized carbons (Fsp3) is 0.345. The first kappa shape index (κ1) is 23.5. The fourth-order valence-corrected chi connectivity index (χ4v) is 7.62. The number of thiophene rings is 1. The molecule has 0 N–H and O–H groups in total. The second kappa shape index (κ2) is 9.20. The fourth-order valence-electron chi connectivity index (χ4n) is 5.25. The van der Waals surface area contributed by atoms with Gasteiger partial charge in [-0.3, -0.25) is 9.36 Å². The van der Waals surface area contributed by atoms with Crippen molar-refractivity contribution in [3.05, 3.63) is 92.6 Å². The molecule has 1 aliphatic rings. The zero-order valence-corrected chi connectivity index (χ0v) is 22.5. The van der Waals surface area contributed by atoms with Gasteiger partial charge in [-0.15, -0.1) is 21.5 Å². The molecule has 1 aliphatic carbocycles. The molecule has 36 heavy (non-hydrogen) atoms. The third-order valence-electron chi connectivity index (χ3n) is 7.39. The molecule has 5 nitrogen and oxygen atoms in total. The van der Waals surface area contributed by atoms with Crippen molar-refractivity contribution in [2.45, 2.75) is 57.5 Å². The molecule has 0 bridgehead atoms. The summed E-state index contributed by atoms with van der Waals surface area (Å²) in [5, 5.41) is 10.9. The number of fused-ring (bicyclic) bond motifs is 5. The maximum atomic E-state index is 14.0. The molecule has 184 valence electrons. The maximum Gasteiger partial charge on any atom is 0.264 e. The van der Waals surface area contributed by atoms with Gasteiger partial charge >= 0.3 is 0 Å². The number of aromatic nitrogens is 4. The largest absolute Gasteiger partial charge is 0.272 e. The molecule has 0 radical (unpaired) electrons. The van der Waals surface area contributed by atoms with Crippen LogP contribution in [0.25, 0.3) is 16.0 Å². The monoisotopic (exact) mass is 514 g/mol. The molecule has 3 heterocycles. The third-order valence-corrected chi connectivity index (χ3v) is 9.63. The van der Waals surface area contributed by atoms with Crippen LogP contribution in [0.2, 0.25) is 0 Å². The Morgan fingerprint density at radius 1 is 1.00 bits per heavy atom. The van der Waals surface area contributed by atoms with Crippen molar-refractivity contribution in [1.82, 2.24) is 19.2 Å². The molecule has 0 fully saturated rings. The molecular formula is C29H30N4OS2. The van der Waals surface area contributed by atoms with Crippen LogP contribution < -0.4 is 5.56 Å². The minimum absolute atomic E-state index is 0.0556. The lowest BCUT2D eigenvalue weighted by atomic mass is 9.72. The molecule has 5 aromatic rings. The average molecular weight is 515 g/mol. The Kier molecular flexibility index (Phi) is 6.00. The van der Waals surface area contributed by atoms with Crippen molar-refractivity contribution in [2.75, 3.05) is 0 Å². The van der Waals surface area contributed by atoms with Crippen molar-refractivity contribution in [2.24, 2.45) is 11.3 Å². The van der Waals surface area contributed by atoms with Gasteiger partial charge in [0, 0.05) is 10.6 Å². The van der Waals surface area contributed by atoms with Gasteiger partial charge in [-0.05, 0) is 47.3 Å². The highest BCUT2D eigenvalue weighted by Crippen LogP contribution is 2.43. The maximum absolute atomic E-state index is 14.0.